The van der Waals surface area contributed by atoms with Gasteiger partial charge in [0.15, 0.2) is 11.5 Å². The van der Waals surface area contributed by atoms with Crippen molar-refractivity contribution in [2.75, 3.05) is 38.8 Å². The number of nitrogens with zero attached hydrogens (tertiary/aromatic N) is 1. The number of ether oxygens (including phenoxy) is 4. The van der Waals surface area contributed by atoms with Gasteiger partial charge >= 0.3 is 0 Å². The van der Waals surface area contributed by atoms with E-state index in [1.807, 2.05) is 41.3 Å². The lowest BCUT2D eigenvalue weighted by Gasteiger charge is -2.39. The van der Waals surface area contributed by atoms with Crippen molar-refractivity contribution in [3.8, 4) is 17.2 Å². The second-order valence-electron chi connectivity index (χ2n) is 7.43. The van der Waals surface area contributed by atoms with E-state index < -0.39 is 0 Å². The Hall–Kier alpha value is -2.93. The summed E-state index contributed by atoms with van der Waals surface area (Å²) in [6.07, 6.45) is 1.68. The fourth-order valence-corrected chi connectivity index (χ4v) is 4.20. The zero-order valence-corrected chi connectivity index (χ0v) is 16.3. The molecule has 0 saturated carbocycles. The first-order valence-corrected chi connectivity index (χ1v) is 10.0. The maximum atomic E-state index is 13.4. The fourth-order valence-electron chi connectivity index (χ4n) is 4.20. The monoisotopic (exact) mass is 396 g/mol. The van der Waals surface area contributed by atoms with Crippen LogP contribution in [0.15, 0.2) is 36.4 Å². The molecule has 1 N–H and O–H groups in total. The molecule has 1 amide bonds. The van der Waals surface area contributed by atoms with E-state index in [2.05, 4.69) is 5.32 Å². The molecular weight excluding hydrogens is 372 g/mol. The van der Waals surface area contributed by atoms with Crippen molar-refractivity contribution < 1.29 is 23.7 Å². The molecule has 3 aliphatic heterocycles. The summed E-state index contributed by atoms with van der Waals surface area (Å²) in [5.74, 6) is 1.84. The van der Waals surface area contributed by atoms with Gasteiger partial charge in [0.1, 0.15) is 19.4 Å². The summed E-state index contributed by atoms with van der Waals surface area (Å²) in [6, 6.07) is 11.4. The minimum absolute atomic E-state index is 0.00583. The SMILES string of the molecule is COc1cc([C@@H]2Nc3ccccc3C(=O)N2C[C@H]2CCCO2)cc2c1OCCO2. The highest BCUT2D eigenvalue weighted by atomic mass is 16.6. The number of rotatable bonds is 4. The molecule has 3 heterocycles. The van der Waals surface area contributed by atoms with Crippen molar-refractivity contribution in [2.24, 2.45) is 0 Å². The van der Waals surface area contributed by atoms with Crippen LogP contribution in [0.1, 0.15) is 34.9 Å². The quantitative estimate of drug-likeness (QED) is 0.856. The molecule has 2 aromatic carbocycles. The third kappa shape index (κ3) is 3.25. The van der Waals surface area contributed by atoms with Gasteiger partial charge in [0.2, 0.25) is 5.75 Å². The van der Waals surface area contributed by atoms with Crippen LogP contribution < -0.4 is 19.5 Å². The molecule has 29 heavy (non-hydrogen) atoms. The molecule has 2 aromatic rings. The number of anilines is 1. The molecule has 152 valence electrons. The highest BCUT2D eigenvalue weighted by Gasteiger charge is 2.36. The third-order valence-corrected chi connectivity index (χ3v) is 5.61. The van der Waals surface area contributed by atoms with Gasteiger partial charge in [0.05, 0.1) is 18.8 Å². The molecule has 1 fully saturated rings. The van der Waals surface area contributed by atoms with Gasteiger partial charge < -0.3 is 29.2 Å². The van der Waals surface area contributed by atoms with E-state index in [1.54, 1.807) is 7.11 Å². The maximum absolute atomic E-state index is 13.4. The Morgan fingerprint density at radius 1 is 1.17 bits per heavy atom. The second-order valence-corrected chi connectivity index (χ2v) is 7.43. The lowest BCUT2D eigenvalue weighted by Crippen LogP contribution is -2.46. The number of fused-ring (bicyclic) bond motifs is 2. The summed E-state index contributed by atoms with van der Waals surface area (Å²) in [7, 11) is 1.61. The topological polar surface area (TPSA) is 69.3 Å². The molecular formula is C22H24N2O5. The first kappa shape index (κ1) is 18.1. The lowest BCUT2D eigenvalue weighted by atomic mass is 10.0. The largest absolute Gasteiger partial charge is 0.493 e. The molecule has 0 unspecified atom stereocenters. The Bertz CT molecular complexity index is 908. The molecule has 0 aromatic heterocycles. The molecule has 7 nitrogen and oxygen atoms in total. The Morgan fingerprint density at radius 2 is 2.03 bits per heavy atom. The molecule has 1 saturated heterocycles. The number of carbonyl (C=O) groups excluding carboxylic acids is 1. The van der Waals surface area contributed by atoms with Crippen LogP contribution in [0.5, 0.6) is 17.2 Å². The number of methoxy groups -OCH3 is 1. The molecule has 3 aliphatic rings. The van der Waals surface area contributed by atoms with Crippen LogP contribution in [-0.4, -0.2) is 50.4 Å². The number of nitrogens with one attached hydrogen (secondary N) is 1. The lowest BCUT2D eigenvalue weighted by molar-refractivity contribution is 0.0426. The molecule has 0 aliphatic carbocycles. The molecule has 5 rings (SSSR count). The normalized spacial score (nSPS) is 22.8. The van der Waals surface area contributed by atoms with Crippen molar-refractivity contribution >= 4 is 11.6 Å². The molecule has 2 atom stereocenters. The number of carbonyl (C=O) groups is 1. The number of benzene rings is 2. The first-order chi connectivity index (χ1) is 14.2. The summed E-state index contributed by atoms with van der Waals surface area (Å²) in [4.78, 5) is 15.2. The number of amides is 1. The van der Waals surface area contributed by atoms with Gasteiger partial charge in [0, 0.05) is 24.4 Å². The van der Waals surface area contributed by atoms with Crippen molar-refractivity contribution in [3.05, 3.63) is 47.5 Å². The highest BCUT2D eigenvalue weighted by Crippen LogP contribution is 2.44. The standard InChI is InChI=1S/C22H24N2O5/c1-26-18-11-14(12-19-20(18)29-10-9-28-19)21-23-17-7-3-2-6-16(17)22(25)24(21)13-15-5-4-8-27-15/h2-3,6-7,11-12,15,21,23H,4-5,8-10,13H2,1H3/t15-,21-/m1/s1. The van der Waals surface area contributed by atoms with Gasteiger partial charge in [-0.15, -0.1) is 0 Å². The third-order valence-electron chi connectivity index (χ3n) is 5.61. The number of hydrogen-bond acceptors (Lipinski definition) is 6. The average molecular weight is 396 g/mol. The van der Waals surface area contributed by atoms with Gasteiger partial charge in [-0.2, -0.15) is 0 Å². The maximum Gasteiger partial charge on any atom is 0.257 e. The fraction of sp³-hybridized carbons (Fsp3) is 0.409. The summed E-state index contributed by atoms with van der Waals surface area (Å²) in [6.45, 7) is 2.25. The predicted molar refractivity (Wildman–Crippen MR) is 107 cm³/mol. The van der Waals surface area contributed by atoms with Crippen LogP contribution in [0, 0.1) is 0 Å². The van der Waals surface area contributed by atoms with E-state index in [0.29, 0.717) is 42.6 Å². The number of hydrogen-bond donors (Lipinski definition) is 1. The van der Waals surface area contributed by atoms with E-state index in [-0.39, 0.29) is 18.2 Å². The van der Waals surface area contributed by atoms with Crippen molar-refractivity contribution in [1.82, 2.24) is 4.90 Å². The Labute approximate surface area is 169 Å². The summed E-state index contributed by atoms with van der Waals surface area (Å²) in [5.41, 5.74) is 2.37. The smallest absolute Gasteiger partial charge is 0.257 e. The zero-order valence-electron chi connectivity index (χ0n) is 16.3. The molecule has 7 heteroatoms. The van der Waals surface area contributed by atoms with Gasteiger partial charge in [-0.1, -0.05) is 12.1 Å². The van der Waals surface area contributed by atoms with E-state index in [0.717, 1.165) is 30.7 Å². The Morgan fingerprint density at radius 3 is 2.86 bits per heavy atom. The number of para-hydroxylation sites is 1. The molecule has 0 bridgehead atoms. The van der Waals surface area contributed by atoms with E-state index in [1.165, 1.54) is 0 Å². The van der Waals surface area contributed by atoms with E-state index in [9.17, 15) is 4.79 Å². The van der Waals surface area contributed by atoms with E-state index in [4.69, 9.17) is 18.9 Å². The molecule has 0 radical (unpaired) electrons. The van der Waals surface area contributed by atoms with Crippen molar-refractivity contribution in [2.45, 2.75) is 25.1 Å². The van der Waals surface area contributed by atoms with Crippen molar-refractivity contribution in [3.63, 3.8) is 0 Å². The highest BCUT2D eigenvalue weighted by molar-refractivity contribution is 6.01. The zero-order chi connectivity index (χ0) is 19.8. The minimum Gasteiger partial charge on any atom is -0.493 e. The van der Waals surface area contributed by atoms with Gasteiger partial charge in [-0.05, 0) is 37.1 Å². The second kappa shape index (κ2) is 7.48. The predicted octanol–water partition coefficient (Wildman–Crippen LogP) is 3.21. The minimum atomic E-state index is -0.355. The van der Waals surface area contributed by atoms with Gasteiger partial charge in [-0.3, -0.25) is 4.79 Å². The van der Waals surface area contributed by atoms with Gasteiger partial charge in [-0.25, -0.2) is 0 Å². The summed E-state index contributed by atoms with van der Waals surface area (Å²) < 4.78 is 22.9. The van der Waals surface area contributed by atoms with Crippen LogP contribution in [0.3, 0.4) is 0 Å². The Kier molecular flexibility index (Phi) is 4.67. The van der Waals surface area contributed by atoms with Crippen LogP contribution >= 0.6 is 0 Å². The summed E-state index contributed by atoms with van der Waals surface area (Å²) >= 11 is 0. The average Bonchev–Trinajstić information content (AvgIpc) is 3.28. The van der Waals surface area contributed by atoms with Crippen molar-refractivity contribution in [1.29, 1.82) is 0 Å². The van der Waals surface area contributed by atoms with Crippen LogP contribution in [0.25, 0.3) is 0 Å². The van der Waals surface area contributed by atoms with E-state index >= 15 is 0 Å². The summed E-state index contributed by atoms with van der Waals surface area (Å²) in [5, 5.41) is 3.52. The Balaban J connectivity index is 1.56. The first-order valence-electron chi connectivity index (χ1n) is 10.0. The van der Waals surface area contributed by atoms with Gasteiger partial charge in [0.25, 0.3) is 5.91 Å². The van der Waals surface area contributed by atoms with Crippen LogP contribution in [0.4, 0.5) is 5.69 Å². The van der Waals surface area contributed by atoms with Crippen LogP contribution in [-0.2, 0) is 4.74 Å². The van der Waals surface area contributed by atoms with Crippen LogP contribution in [0.2, 0.25) is 0 Å². The molecule has 0 spiro atoms.